The van der Waals surface area contributed by atoms with Crippen LogP contribution in [0, 0.1) is 0 Å². The molecule has 0 bridgehead atoms. The Kier molecular flexibility index (Phi) is 2.73. The van der Waals surface area contributed by atoms with Gasteiger partial charge in [0.2, 0.25) is 0 Å². The zero-order valence-corrected chi connectivity index (χ0v) is 6.69. The first kappa shape index (κ1) is 8.07. The molecule has 2 atom stereocenters. The van der Waals surface area contributed by atoms with E-state index in [0.29, 0.717) is 13.2 Å². The average molecular weight is 161 g/mol. The third kappa shape index (κ3) is 1.98. The van der Waals surface area contributed by atoms with E-state index in [2.05, 4.69) is 0 Å². The molecular weight excluding hydrogens is 150 g/mol. The number of hydrogen-bond donors (Lipinski definition) is 1. The van der Waals surface area contributed by atoms with Gasteiger partial charge in [0.15, 0.2) is 5.25 Å². The van der Waals surface area contributed by atoms with Crippen molar-refractivity contribution < 1.29 is 9.29 Å². The van der Waals surface area contributed by atoms with Gasteiger partial charge in [0.1, 0.15) is 0 Å². The van der Waals surface area contributed by atoms with Gasteiger partial charge in [0, 0.05) is 11.4 Å². The van der Waals surface area contributed by atoms with Gasteiger partial charge in [0.05, 0.1) is 13.2 Å². The third-order valence-corrected chi connectivity index (χ3v) is 2.28. The summed E-state index contributed by atoms with van der Waals surface area (Å²) in [6.45, 7) is 3.20. The Morgan fingerprint density at radius 1 is 1.80 bits per heavy atom. The van der Waals surface area contributed by atoms with Crippen LogP contribution in [-0.4, -0.2) is 23.0 Å². The molecule has 1 aliphatic rings. The highest BCUT2D eigenvalue weighted by Gasteiger charge is 2.15. The van der Waals surface area contributed by atoms with Crippen molar-refractivity contribution in [1.82, 2.24) is 0 Å². The van der Waals surface area contributed by atoms with Crippen LogP contribution in [0.2, 0.25) is 0 Å². The molecule has 0 radical (unpaired) electrons. The zero-order chi connectivity index (χ0) is 7.56. The van der Waals surface area contributed by atoms with E-state index in [-0.39, 0.29) is 5.25 Å². The first-order chi connectivity index (χ1) is 4.70. The summed E-state index contributed by atoms with van der Waals surface area (Å²) < 4.78 is 15.5. The molecular formula is C6H11NO2S. The van der Waals surface area contributed by atoms with E-state index in [1.807, 2.05) is 13.0 Å². The fourth-order valence-corrected chi connectivity index (χ4v) is 1.04. The average Bonchev–Trinajstić information content (AvgIpc) is 1.77. The summed E-state index contributed by atoms with van der Waals surface area (Å²) in [5.74, 6) is 0. The van der Waals surface area contributed by atoms with Crippen LogP contribution in [0.1, 0.15) is 6.92 Å². The molecule has 0 spiro atoms. The van der Waals surface area contributed by atoms with Gasteiger partial charge in [-0.1, -0.05) is 0 Å². The van der Waals surface area contributed by atoms with Gasteiger partial charge in [-0.25, -0.2) is 0 Å². The van der Waals surface area contributed by atoms with Crippen LogP contribution in [0.25, 0.3) is 0 Å². The van der Waals surface area contributed by atoms with Gasteiger partial charge in [-0.05, 0) is 18.6 Å². The maximum absolute atomic E-state index is 10.6. The molecule has 0 aliphatic carbocycles. The van der Waals surface area contributed by atoms with Crippen molar-refractivity contribution in [2.24, 2.45) is 5.14 Å². The summed E-state index contributed by atoms with van der Waals surface area (Å²) in [6.07, 6.45) is 1.92. The standard InChI is InChI=1S/C6H11NO2S/c1-5(10(7)8)2-6-3-9-4-6/h2,5H,3-4,7H2,1H3. The first-order valence-electron chi connectivity index (χ1n) is 3.12. The second-order valence-corrected chi connectivity index (χ2v) is 3.75. The molecule has 1 rings (SSSR count). The topological polar surface area (TPSA) is 58.3 Å². The van der Waals surface area contributed by atoms with Gasteiger partial charge in [-0.15, -0.1) is 0 Å². The van der Waals surface area contributed by atoms with Crippen LogP contribution in [0.4, 0.5) is 0 Å². The highest BCUT2D eigenvalue weighted by molar-refractivity contribution is 7.89. The van der Waals surface area contributed by atoms with Crippen LogP contribution in [0.3, 0.4) is 0 Å². The number of hydrogen-bond acceptors (Lipinski definition) is 3. The molecule has 0 amide bonds. The van der Waals surface area contributed by atoms with E-state index < -0.39 is 11.4 Å². The molecule has 0 aromatic heterocycles. The predicted octanol–water partition coefficient (Wildman–Crippen LogP) is -0.0461. The summed E-state index contributed by atoms with van der Waals surface area (Å²) in [4.78, 5) is 0. The summed E-state index contributed by atoms with van der Waals surface area (Å²) in [6, 6.07) is 0. The van der Waals surface area contributed by atoms with Crippen molar-refractivity contribution in [3.05, 3.63) is 11.6 Å². The molecule has 1 heterocycles. The Morgan fingerprint density at radius 2 is 2.40 bits per heavy atom. The first-order valence-corrected chi connectivity index (χ1v) is 4.40. The van der Waals surface area contributed by atoms with Gasteiger partial charge >= 0.3 is 0 Å². The van der Waals surface area contributed by atoms with Crippen molar-refractivity contribution >= 4 is 11.4 Å². The third-order valence-electron chi connectivity index (χ3n) is 1.41. The highest BCUT2D eigenvalue weighted by atomic mass is 32.2. The smallest absolute Gasteiger partial charge is 0.150 e. The predicted molar refractivity (Wildman–Crippen MR) is 40.7 cm³/mol. The lowest BCUT2D eigenvalue weighted by Crippen LogP contribution is -2.27. The fourth-order valence-electron chi connectivity index (χ4n) is 0.715. The highest BCUT2D eigenvalue weighted by Crippen LogP contribution is 2.11. The lowest BCUT2D eigenvalue weighted by molar-refractivity contribution is 0.102. The van der Waals surface area contributed by atoms with Crippen LogP contribution in [0.15, 0.2) is 11.6 Å². The van der Waals surface area contributed by atoms with E-state index in [1.54, 1.807) is 0 Å². The zero-order valence-electron chi connectivity index (χ0n) is 5.87. The minimum Gasteiger partial charge on any atom is -0.598 e. The summed E-state index contributed by atoms with van der Waals surface area (Å²) in [7, 11) is 0. The van der Waals surface area contributed by atoms with Gasteiger partial charge in [-0.3, -0.25) is 0 Å². The largest absolute Gasteiger partial charge is 0.598 e. The van der Waals surface area contributed by atoms with Crippen molar-refractivity contribution in [1.29, 1.82) is 0 Å². The van der Waals surface area contributed by atoms with E-state index in [9.17, 15) is 4.55 Å². The minimum atomic E-state index is -1.23. The number of ether oxygens (including phenoxy) is 1. The Labute approximate surface area is 63.6 Å². The Balaban J connectivity index is 2.35. The van der Waals surface area contributed by atoms with Crippen LogP contribution in [0.5, 0.6) is 0 Å². The van der Waals surface area contributed by atoms with E-state index in [0.717, 1.165) is 0 Å². The molecule has 0 aromatic rings. The second-order valence-electron chi connectivity index (χ2n) is 2.35. The van der Waals surface area contributed by atoms with Gasteiger partial charge in [-0.2, -0.15) is 5.14 Å². The summed E-state index contributed by atoms with van der Waals surface area (Å²) >= 11 is -1.23. The quantitative estimate of drug-likeness (QED) is 0.456. The molecule has 58 valence electrons. The summed E-state index contributed by atoms with van der Waals surface area (Å²) in [5.41, 5.74) is 1.20. The molecule has 1 aliphatic heterocycles. The van der Waals surface area contributed by atoms with Crippen LogP contribution in [-0.2, 0) is 16.1 Å². The Bertz CT molecular complexity index is 141. The number of nitrogens with two attached hydrogens (primary N) is 1. The summed E-state index contributed by atoms with van der Waals surface area (Å²) in [5, 5.41) is 5.11. The van der Waals surface area contributed by atoms with Gasteiger partial charge in [0.25, 0.3) is 0 Å². The van der Waals surface area contributed by atoms with Crippen LogP contribution < -0.4 is 5.14 Å². The monoisotopic (exact) mass is 161 g/mol. The number of rotatable bonds is 2. The molecule has 0 aromatic carbocycles. The van der Waals surface area contributed by atoms with Crippen molar-refractivity contribution in [2.45, 2.75) is 12.2 Å². The molecule has 2 unspecified atom stereocenters. The van der Waals surface area contributed by atoms with E-state index in [1.165, 1.54) is 5.57 Å². The minimum absolute atomic E-state index is 0.0427. The van der Waals surface area contributed by atoms with Crippen molar-refractivity contribution in [2.75, 3.05) is 13.2 Å². The fraction of sp³-hybridized carbons (Fsp3) is 0.667. The van der Waals surface area contributed by atoms with E-state index >= 15 is 0 Å². The lowest BCUT2D eigenvalue weighted by Gasteiger charge is -2.19. The van der Waals surface area contributed by atoms with E-state index in [4.69, 9.17) is 9.88 Å². The molecule has 0 saturated carbocycles. The molecule has 10 heavy (non-hydrogen) atoms. The second kappa shape index (κ2) is 3.39. The normalized spacial score (nSPS) is 23.3. The van der Waals surface area contributed by atoms with Gasteiger partial charge < -0.3 is 9.29 Å². The maximum atomic E-state index is 10.6. The Morgan fingerprint density at radius 3 is 2.70 bits per heavy atom. The maximum Gasteiger partial charge on any atom is 0.150 e. The SMILES string of the molecule is CC(C=C1COC1)[S+](N)[O-]. The molecule has 3 nitrogen and oxygen atoms in total. The molecule has 1 saturated heterocycles. The Hall–Kier alpha value is -0.0300. The van der Waals surface area contributed by atoms with Crippen molar-refractivity contribution in [3.8, 4) is 0 Å². The molecule has 1 fully saturated rings. The van der Waals surface area contributed by atoms with Crippen LogP contribution >= 0.6 is 0 Å². The molecule has 2 N–H and O–H groups in total. The van der Waals surface area contributed by atoms with Crippen molar-refractivity contribution in [3.63, 3.8) is 0 Å². The molecule has 4 heteroatoms. The lowest BCUT2D eigenvalue weighted by atomic mass is 10.2.